The highest BCUT2D eigenvalue weighted by Gasteiger charge is 1.81. The van der Waals surface area contributed by atoms with Gasteiger partial charge in [-0.3, -0.25) is 4.79 Å². The summed E-state index contributed by atoms with van der Waals surface area (Å²) in [5.74, 6) is 0. The molecule has 0 unspecified atom stereocenters. The van der Waals surface area contributed by atoms with E-state index in [0.29, 0.717) is 19.4 Å². The molecule has 1 amide bonds. The first-order valence-electron chi connectivity index (χ1n) is 2.40. The highest BCUT2D eigenvalue weighted by molar-refractivity contribution is 5.45. The van der Waals surface area contributed by atoms with Gasteiger partial charge in [0.1, 0.15) is 0 Å². The summed E-state index contributed by atoms with van der Waals surface area (Å²) in [5, 5.41) is 2.48. The largest absolute Gasteiger partial charge is 0.357 e. The third kappa shape index (κ3) is 4.96. The number of hydrogen-bond acceptors (Lipinski definition) is 1. The second kappa shape index (κ2) is 5.96. The Morgan fingerprint density at radius 1 is 1.88 bits per heavy atom. The van der Waals surface area contributed by atoms with Gasteiger partial charge in [-0.05, 0) is 0 Å². The van der Waals surface area contributed by atoms with E-state index in [4.69, 9.17) is 0 Å². The predicted octanol–water partition coefficient (Wildman–Crippen LogP) is 0.0852. The average molecular weight is 113 g/mol. The van der Waals surface area contributed by atoms with Gasteiger partial charge < -0.3 is 5.32 Å². The number of nitrogens with one attached hydrogen (secondary N) is 1. The van der Waals surface area contributed by atoms with Crippen molar-refractivity contribution in [3.63, 3.8) is 0 Å². The van der Waals surface area contributed by atoms with Crippen LogP contribution in [0.4, 0.5) is 0 Å². The van der Waals surface area contributed by atoms with Gasteiger partial charge in [-0.15, -0.1) is 0 Å². The summed E-state index contributed by atoms with van der Waals surface area (Å²) < 4.78 is 0. The molecular formula is C5H9N2O+. The summed E-state index contributed by atoms with van der Waals surface area (Å²) in [7, 11) is 1.65. The Kier molecular flexibility index (Phi) is 5.19. The molecule has 0 saturated carbocycles. The number of carbonyl (C=O) groups excluding carboxylic acids is 1. The van der Waals surface area contributed by atoms with Crippen LogP contribution in [-0.2, 0) is 4.79 Å². The SMILES string of the molecule is C[N+]#CCCNC=O. The summed E-state index contributed by atoms with van der Waals surface area (Å²) in [6.07, 6.45) is 1.35. The molecule has 1 N–H and O–H groups in total. The molecule has 0 aliphatic heterocycles. The van der Waals surface area contributed by atoms with Gasteiger partial charge >= 0.3 is 0 Å². The lowest BCUT2D eigenvalue weighted by Crippen LogP contribution is -2.10. The second-order valence-corrected chi connectivity index (χ2v) is 1.20. The summed E-state index contributed by atoms with van der Waals surface area (Å²) in [5.41, 5.74) is 0. The number of rotatable bonds is 3. The van der Waals surface area contributed by atoms with Gasteiger partial charge in [0.15, 0.2) is 0 Å². The maximum atomic E-state index is 9.60. The van der Waals surface area contributed by atoms with Gasteiger partial charge in [0.2, 0.25) is 6.41 Å². The molecule has 44 valence electrons. The van der Waals surface area contributed by atoms with E-state index in [-0.39, 0.29) is 0 Å². The van der Waals surface area contributed by atoms with E-state index in [1.54, 1.807) is 7.05 Å². The highest BCUT2D eigenvalue weighted by Crippen LogP contribution is 1.68. The van der Waals surface area contributed by atoms with Crippen molar-refractivity contribution in [2.24, 2.45) is 0 Å². The maximum Gasteiger partial charge on any atom is 0.274 e. The topological polar surface area (TPSA) is 33.5 Å². The number of carbonyl (C=O) groups is 1. The van der Waals surface area contributed by atoms with Gasteiger partial charge in [-0.1, -0.05) is 4.85 Å². The molecule has 0 bridgehead atoms. The van der Waals surface area contributed by atoms with Crippen LogP contribution in [0.5, 0.6) is 0 Å². The van der Waals surface area contributed by atoms with E-state index in [9.17, 15) is 4.79 Å². The van der Waals surface area contributed by atoms with Gasteiger partial charge in [0, 0.05) is 6.54 Å². The van der Waals surface area contributed by atoms with Crippen molar-refractivity contribution in [1.29, 1.82) is 0 Å². The van der Waals surface area contributed by atoms with Crippen LogP contribution in [0, 0.1) is 6.07 Å². The molecule has 0 heterocycles. The molecule has 0 aromatic heterocycles. The van der Waals surface area contributed by atoms with E-state index in [2.05, 4.69) is 16.2 Å². The number of hydrogen-bond donors (Lipinski definition) is 1. The summed E-state index contributed by atoms with van der Waals surface area (Å²) in [6, 6.07) is 2.69. The van der Waals surface area contributed by atoms with E-state index in [1.807, 2.05) is 0 Å². The van der Waals surface area contributed by atoms with Crippen molar-refractivity contribution in [3.8, 4) is 6.07 Å². The van der Waals surface area contributed by atoms with E-state index in [0.717, 1.165) is 0 Å². The fraction of sp³-hybridized carbons (Fsp3) is 0.600. The number of amides is 1. The van der Waals surface area contributed by atoms with Crippen molar-refractivity contribution in [2.75, 3.05) is 13.6 Å². The minimum Gasteiger partial charge on any atom is -0.357 e. The lowest BCUT2D eigenvalue weighted by atomic mass is 10.5. The van der Waals surface area contributed by atoms with Crippen molar-refractivity contribution < 1.29 is 4.79 Å². The molecule has 0 saturated heterocycles. The Bertz CT molecular complexity index is 111. The van der Waals surface area contributed by atoms with Crippen molar-refractivity contribution in [3.05, 3.63) is 4.85 Å². The minimum atomic E-state index is 0.626. The first-order chi connectivity index (χ1) is 3.91. The normalized spacial score (nSPS) is 6.62. The molecule has 0 atom stereocenters. The molecule has 0 aliphatic carbocycles. The lowest BCUT2D eigenvalue weighted by Gasteiger charge is -1.82. The molecule has 0 aromatic carbocycles. The molecule has 0 aliphatic rings. The fourth-order valence-electron chi connectivity index (χ4n) is 0.299. The molecule has 0 aromatic rings. The van der Waals surface area contributed by atoms with Gasteiger partial charge in [-0.2, -0.15) is 0 Å². The van der Waals surface area contributed by atoms with Crippen molar-refractivity contribution in [2.45, 2.75) is 6.42 Å². The monoisotopic (exact) mass is 113 g/mol. The maximum absolute atomic E-state index is 9.60. The minimum absolute atomic E-state index is 0.626. The standard InChI is InChI=1S/C5H8N2O/c1-6-3-2-4-7-5-8/h5H,2,4H2,1H3/p+1. The van der Waals surface area contributed by atoms with Crippen LogP contribution in [-0.4, -0.2) is 20.0 Å². The zero-order valence-corrected chi connectivity index (χ0v) is 4.85. The molecule has 0 spiro atoms. The van der Waals surface area contributed by atoms with Crippen LogP contribution in [0.2, 0.25) is 0 Å². The smallest absolute Gasteiger partial charge is 0.274 e. The van der Waals surface area contributed by atoms with Gasteiger partial charge in [-0.25, -0.2) is 0 Å². The molecule has 0 rings (SSSR count). The third-order valence-electron chi connectivity index (χ3n) is 0.623. The van der Waals surface area contributed by atoms with Crippen molar-refractivity contribution in [1.82, 2.24) is 5.32 Å². The predicted molar refractivity (Wildman–Crippen MR) is 31.9 cm³/mol. The van der Waals surface area contributed by atoms with Crippen LogP contribution < -0.4 is 5.32 Å². The van der Waals surface area contributed by atoms with E-state index in [1.165, 1.54) is 0 Å². The Morgan fingerprint density at radius 3 is 3.12 bits per heavy atom. The zero-order chi connectivity index (χ0) is 6.24. The Hall–Kier alpha value is -1.04. The number of nitrogens with zero attached hydrogens (tertiary/aromatic N) is 1. The Morgan fingerprint density at radius 2 is 2.62 bits per heavy atom. The fourth-order valence-corrected chi connectivity index (χ4v) is 0.299. The van der Waals surface area contributed by atoms with Gasteiger partial charge in [0.25, 0.3) is 13.1 Å². The van der Waals surface area contributed by atoms with Crippen LogP contribution >= 0.6 is 0 Å². The summed E-state index contributed by atoms with van der Waals surface area (Å²) in [6.45, 7) is 0.626. The summed E-state index contributed by atoms with van der Waals surface area (Å²) in [4.78, 5) is 13.2. The van der Waals surface area contributed by atoms with Crippen LogP contribution in [0.15, 0.2) is 0 Å². The van der Waals surface area contributed by atoms with E-state index >= 15 is 0 Å². The zero-order valence-electron chi connectivity index (χ0n) is 4.85. The third-order valence-corrected chi connectivity index (χ3v) is 0.623. The second-order valence-electron chi connectivity index (χ2n) is 1.20. The molecule has 3 heteroatoms. The molecule has 0 fully saturated rings. The van der Waals surface area contributed by atoms with Crippen LogP contribution in [0.1, 0.15) is 6.42 Å². The molecule has 3 nitrogen and oxygen atoms in total. The lowest BCUT2D eigenvalue weighted by molar-refractivity contribution is -0.109. The molecule has 8 heavy (non-hydrogen) atoms. The van der Waals surface area contributed by atoms with Crippen LogP contribution in [0.25, 0.3) is 4.85 Å². The van der Waals surface area contributed by atoms with E-state index < -0.39 is 0 Å². The highest BCUT2D eigenvalue weighted by atomic mass is 16.1. The van der Waals surface area contributed by atoms with Crippen molar-refractivity contribution >= 4 is 6.41 Å². The average Bonchev–Trinajstić information content (AvgIpc) is 1.81. The quantitative estimate of drug-likeness (QED) is 0.408. The molecular weight excluding hydrogens is 104 g/mol. The summed E-state index contributed by atoms with van der Waals surface area (Å²) >= 11 is 0. The van der Waals surface area contributed by atoms with Crippen LogP contribution in [0.3, 0.4) is 0 Å². The molecule has 0 radical (unpaired) electrons. The first-order valence-corrected chi connectivity index (χ1v) is 2.40. The Balaban J connectivity index is 2.89. The van der Waals surface area contributed by atoms with Gasteiger partial charge in [0.05, 0.1) is 6.42 Å². The first kappa shape index (κ1) is 6.96. The Labute approximate surface area is 48.5 Å².